The number of phosphoric ester groups is 2. The van der Waals surface area contributed by atoms with Crippen molar-refractivity contribution in [2.45, 2.75) is 419 Å². The van der Waals surface area contributed by atoms with Gasteiger partial charge >= 0.3 is 39.5 Å². The lowest BCUT2D eigenvalue weighted by molar-refractivity contribution is -0.161. The molecule has 0 radical (unpaired) electrons. The molecular weight excluding hydrogens is 1260 g/mol. The number of ether oxygens (including phenoxy) is 4. The molecule has 19 heteroatoms. The zero-order valence-electron chi connectivity index (χ0n) is 62.7. The fourth-order valence-corrected chi connectivity index (χ4v) is 13.4. The summed E-state index contributed by atoms with van der Waals surface area (Å²) in [5.41, 5.74) is 0. The molecule has 0 aliphatic rings. The molecule has 0 fully saturated rings. The first-order valence-electron chi connectivity index (χ1n) is 40.0. The Bertz CT molecular complexity index is 1860. The number of aliphatic hydroxyl groups is 1. The van der Waals surface area contributed by atoms with Crippen LogP contribution in [0, 0.1) is 11.8 Å². The number of hydrogen-bond donors (Lipinski definition) is 3. The molecular formula is C77H150O17P2. The van der Waals surface area contributed by atoms with Crippen molar-refractivity contribution < 1.29 is 80.2 Å². The van der Waals surface area contributed by atoms with Crippen molar-refractivity contribution in [2.24, 2.45) is 11.8 Å². The molecule has 96 heavy (non-hydrogen) atoms. The van der Waals surface area contributed by atoms with Crippen LogP contribution in [0.3, 0.4) is 0 Å². The number of carbonyl (C=O) groups is 4. The summed E-state index contributed by atoms with van der Waals surface area (Å²) in [5.74, 6) is -0.523. The van der Waals surface area contributed by atoms with Gasteiger partial charge in [0.1, 0.15) is 19.3 Å². The number of unbranched alkanes of at least 4 members (excludes halogenated alkanes) is 46. The average molecular weight is 1410 g/mol. The minimum Gasteiger partial charge on any atom is -0.462 e. The van der Waals surface area contributed by atoms with E-state index in [1.165, 1.54) is 218 Å². The lowest BCUT2D eigenvalue weighted by Gasteiger charge is -2.21. The third-order valence-electron chi connectivity index (χ3n) is 18.0. The number of phosphoric acid groups is 2. The maximum atomic E-state index is 13.1. The van der Waals surface area contributed by atoms with Gasteiger partial charge in [-0.2, -0.15) is 0 Å². The molecule has 0 aromatic heterocycles. The van der Waals surface area contributed by atoms with Crippen molar-refractivity contribution in [3.8, 4) is 0 Å². The summed E-state index contributed by atoms with van der Waals surface area (Å²) in [7, 11) is -9.91. The van der Waals surface area contributed by atoms with E-state index < -0.39 is 97.5 Å². The van der Waals surface area contributed by atoms with Crippen LogP contribution in [-0.2, 0) is 65.4 Å². The first kappa shape index (κ1) is 94.1. The van der Waals surface area contributed by atoms with E-state index in [9.17, 15) is 43.2 Å². The average Bonchev–Trinajstić information content (AvgIpc) is 2.74. The highest BCUT2D eigenvalue weighted by Gasteiger charge is 2.30. The molecule has 570 valence electrons. The van der Waals surface area contributed by atoms with E-state index in [0.29, 0.717) is 25.7 Å². The molecule has 2 unspecified atom stereocenters. The third-order valence-corrected chi connectivity index (χ3v) is 19.9. The number of aliphatic hydroxyl groups excluding tert-OH is 1. The van der Waals surface area contributed by atoms with Gasteiger partial charge in [-0.15, -0.1) is 0 Å². The monoisotopic (exact) mass is 1410 g/mol. The lowest BCUT2D eigenvalue weighted by atomic mass is 10.0. The summed E-state index contributed by atoms with van der Waals surface area (Å²) in [6.45, 7) is 9.63. The van der Waals surface area contributed by atoms with E-state index in [1.807, 2.05) is 0 Å². The predicted octanol–water partition coefficient (Wildman–Crippen LogP) is 22.7. The van der Waals surface area contributed by atoms with Crippen LogP contribution in [0.2, 0.25) is 0 Å². The summed E-state index contributed by atoms with van der Waals surface area (Å²) in [6, 6.07) is 0. The zero-order valence-corrected chi connectivity index (χ0v) is 64.5. The minimum atomic E-state index is -4.96. The Hall–Kier alpha value is -1.94. The van der Waals surface area contributed by atoms with Crippen LogP contribution in [0.15, 0.2) is 0 Å². The van der Waals surface area contributed by atoms with E-state index in [0.717, 1.165) is 102 Å². The van der Waals surface area contributed by atoms with Crippen LogP contribution in [0.4, 0.5) is 0 Å². The van der Waals surface area contributed by atoms with E-state index in [2.05, 4.69) is 41.5 Å². The van der Waals surface area contributed by atoms with Gasteiger partial charge in [-0.25, -0.2) is 9.13 Å². The minimum absolute atomic E-state index is 0.107. The molecule has 3 N–H and O–H groups in total. The highest BCUT2D eigenvalue weighted by Crippen LogP contribution is 2.45. The van der Waals surface area contributed by atoms with E-state index in [1.54, 1.807) is 0 Å². The Morgan fingerprint density at radius 2 is 0.479 bits per heavy atom. The Labute approximate surface area is 588 Å². The highest BCUT2D eigenvalue weighted by atomic mass is 31.2. The van der Waals surface area contributed by atoms with Crippen molar-refractivity contribution in [3.05, 3.63) is 0 Å². The highest BCUT2D eigenvalue weighted by molar-refractivity contribution is 7.47. The van der Waals surface area contributed by atoms with Crippen molar-refractivity contribution in [2.75, 3.05) is 39.6 Å². The maximum absolute atomic E-state index is 13.1. The molecule has 0 rings (SSSR count). The van der Waals surface area contributed by atoms with Crippen LogP contribution in [0.1, 0.15) is 401 Å². The molecule has 5 atom stereocenters. The van der Waals surface area contributed by atoms with Gasteiger partial charge in [0.25, 0.3) is 0 Å². The quantitative estimate of drug-likeness (QED) is 0.0222. The van der Waals surface area contributed by atoms with Gasteiger partial charge in [0.15, 0.2) is 12.2 Å². The fourth-order valence-electron chi connectivity index (χ4n) is 11.8. The van der Waals surface area contributed by atoms with Gasteiger partial charge < -0.3 is 33.8 Å². The van der Waals surface area contributed by atoms with Crippen molar-refractivity contribution in [1.82, 2.24) is 0 Å². The van der Waals surface area contributed by atoms with Crippen LogP contribution in [0.25, 0.3) is 0 Å². The molecule has 0 aromatic carbocycles. The van der Waals surface area contributed by atoms with Crippen molar-refractivity contribution in [1.29, 1.82) is 0 Å². The zero-order chi connectivity index (χ0) is 70.7. The predicted molar refractivity (Wildman–Crippen MR) is 391 cm³/mol. The van der Waals surface area contributed by atoms with Gasteiger partial charge in [-0.3, -0.25) is 37.3 Å². The standard InChI is InChI=1S/C77H150O17P2/c1-7-9-11-13-15-17-18-30-37-43-49-55-61-76(81)93-72(65-87-74(79)59-53-47-41-33-16-14-12-10-8-2)67-91-95(83,84)89-63-71(78)64-90-96(85,86)92-68-73(66-88-75(80)60-54-48-42-36-32-27-29-35-40-46-52-58-70(5)6)94-77(82)62-56-50-44-38-31-26-24-22-20-19-21-23-25-28-34-39-45-51-57-69(3)4/h69-73,78H,7-68H2,1-6H3,(H,83,84)(H,85,86)/t71-,72+,73+/m0/s1. The summed E-state index contributed by atoms with van der Waals surface area (Å²) >= 11 is 0. The molecule has 0 aliphatic carbocycles. The van der Waals surface area contributed by atoms with Crippen LogP contribution >= 0.6 is 15.6 Å². The van der Waals surface area contributed by atoms with E-state index >= 15 is 0 Å². The second kappa shape index (κ2) is 68.8. The summed E-state index contributed by atoms with van der Waals surface area (Å²) in [4.78, 5) is 72.8. The lowest BCUT2D eigenvalue weighted by Crippen LogP contribution is -2.30. The SMILES string of the molecule is CCCCCCCCCCCCCCC(=O)O[C@H](COC(=O)CCCCCCCCCCC)COP(=O)(O)OC[C@H](O)COP(=O)(O)OC[C@@H](COC(=O)CCCCCCCCCCCCCC(C)C)OC(=O)CCCCCCCCCCCCCCCCCCCCC(C)C. The molecule has 0 saturated carbocycles. The molecule has 0 bridgehead atoms. The van der Waals surface area contributed by atoms with Crippen molar-refractivity contribution >= 4 is 39.5 Å². The summed E-state index contributed by atoms with van der Waals surface area (Å²) < 4.78 is 68.5. The van der Waals surface area contributed by atoms with Gasteiger partial charge in [-0.1, -0.05) is 350 Å². The third kappa shape index (κ3) is 70.5. The van der Waals surface area contributed by atoms with Gasteiger partial charge in [-0.05, 0) is 37.5 Å². The molecule has 0 saturated heterocycles. The Morgan fingerprint density at radius 3 is 0.708 bits per heavy atom. The Morgan fingerprint density at radius 1 is 0.281 bits per heavy atom. The van der Waals surface area contributed by atoms with Crippen LogP contribution in [-0.4, -0.2) is 96.7 Å². The number of carbonyl (C=O) groups excluding carboxylic acids is 4. The largest absolute Gasteiger partial charge is 0.472 e. The van der Waals surface area contributed by atoms with Gasteiger partial charge in [0.2, 0.25) is 0 Å². The normalized spacial score (nSPS) is 14.0. The van der Waals surface area contributed by atoms with Gasteiger partial charge in [0, 0.05) is 25.7 Å². The smallest absolute Gasteiger partial charge is 0.462 e. The number of hydrogen-bond acceptors (Lipinski definition) is 15. The van der Waals surface area contributed by atoms with Crippen molar-refractivity contribution in [3.63, 3.8) is 0 Å². The first-order chi connectivity index (χ1) is 46.4. The second-order valence-electron chi connectivity index (χ2n) is 28.7. The molecule has 0 heterocycles. The Kier molecular flexibility index (Phi) is 67.4. The topological polar surface area (TPSA) is 237 Å². The molecule has 0 spiro atoms. The van der Waals surface area contributed by atoms with Gasteiger partial charge in [0.05, 0.1) is 26.4 Å². The number of rotatable bonds is 76. The molecule has 0 amide bonds. The van der Waals surface area contributed by atoms with E-state index in [4.69, 9.17) is 37.0 Å². The fraction of sp³-hybridized carbons (Fsp3) is 0.948. The van der Waals surface area contributed by atoms with Crippen LogP contribution < -0.4 is 0 Å². The number of esters is 4. The van der Waals surface area contributed by atoms with Crippen LogP contribution in [0.5, 0.6) is 0 Å². The summed E-state index contributed by atoms with van der Waals surface area (Å²) in [6.07, 6.45) is 56.9. The molecule has 17 nitrogen and oxygen atoms in total. The maximum Gasteiger partial charge on any atom is 0.472 e. The Balaban J connectivity index is 5.19. The molecule has 0 aromatic rings. The summed E-state index contributed by atoms with van der Waals surface area (Å²) in [5, 5.41) is 10.6. The van der Waals surface area contributed by atoms with E-state index in [-0.39, 0.29) is 25.7 Å². The molecule has 0 aliphatic heterocycles. The second-order valence-corrected chi connectivity index (χ2v) is 31.6. The first-order valence-corrected chi connectivity index (χ1v) is 43.0.